The first-order valence-electron chi connectivity index (χ1n) is 6.35. The number of rotatable bonds is 2. The highest BCUT2D eigenvalue weighted by molar-refractivity contribution is 4.98. The Hall–Kier alpha value is -1.48. The maximum absolute atomic E-state index is 11.8. The maximum Gasteiger partial charge on any atom is 0.330 e. The lowest BCUT2D eigenvalue weighted by Crippen LogP contribution is -2.37. The van der Waals surface area contributed by atoms with Crippen LogP contribution in [0, 0.1) is 0 Å². The molecule has 0 aromatic carbocycles. The molecule has 0 saturated carbocycles. The third kappa shape index (κ3) is 2.10. The van der Waals surface area contributed by atoms with Gasteiger partial charge in [0, 0.05) is 12.3 Å². The fourth-order valence-electron chi connectivity index (χ4n) is 2.66. The van der Waals surface area contributed by atoms with Crippen molar-refractivity contribution in [1.29, 1.82) is 0 Å². The standard InChI is InChI=1S/C12H16N2O6/c1-12(2)19-8-6(5-15)18-10(9(8)20-12)14-4-3-7(16)13-11(14)17/h3-4,6,8-10,15H,5H2,1-2H3,(H,13,16,17)/t6-,8+,9-,10+/m0/s1. The third-order valence-electron chi connectivity index (χ3n) is 3.43. The summed E-state index contributed by atoms with van der Waals surface area (Å²) in [5.41, 5.74) is -1.07. The molecule has 20 heavy (non-hydrogen) atoms. The van der Waals surface area contributed by atoms with E-state index >= 15 is 0 Å². The summed E-state index contributed by atoms with van der Waals surface area (Å²) in [6, 6.07) is 1.23. The van der Waals surface area contributed by atoms with Crippen molar-refractivity contribution in [3.63, 3.8) is 0 Å². The van der Waals surface area contributed by atoms with Crippen molar-refractivity contribution >= 4 is 0 Å². The van der Waals surface area contributed by atoms with E-state index in [1.807, 2.05) is 0 Å². The Morgan fingerprint density at radius 2 is 2.05 bits per heavy atom. The smallest absolute Gasteiger partial charge is 0.330 e. The van der Waals surface area contributed by atoms with Crippen molar-refractivity contribution in [3.8, 4) is 0 Å². The summed E-state index contributed by atoms with van der Waals surface area (Å²) in [7, 11) is 0. The van der Waals surface area contributed by atoms with Crippen LogP contribution in [0.25, 0.3) is 0 Å². The van der Waals surface area contributed by atoms with E-state index in [0.717, 1.165) is 0 Å². The zero-order chi connectivity index (χ0) is 14.5. The lowest BCUT2D eigenvalue weighted by molar-refractivity contribution is -0.200. The van der Waals surface area contributed by atoms with Crippen LogP contribution >= 0.6 is 0 Å². The number of aromatic nitrogens is 2. The Labute approximate surface area is 113 Å². The normalized spacial score (nSPS) is 35.1. The highest BCUT2D eigenvalue weighted by atomic mass is 16.8. The molecule has 2 fully saturated rings. The van der Waals surface area contributed by atoms with Gasteiger partial charge in [0.1, 0.15) is 18.3 Å². The van der Waals surface area contributed by atoms with Crippen LogP contribution in [-0.2, 0) is 14.2 Å². The minimum Gasteiger partial charge on any atom is -0.394 e. The minimum absolute atomic E-state index is 0.241. The second-order valence-corrected chi connectivity index (χ2v) is 5.33. The molecule has 1 aromatic heterocycles. The summed E-state index contributed by atoms with van der Waals surface area (Å²) < 4.78 is 18.3. The molecule has 4 atom stereocenters. The Morgan fingerprint density at radius 1 is 1.35 bits per heavy atom. The molecule has 110 valence electrons. The van der Waals surface area contributed by atoms with Gasteiger partial charge in [0.25, 0.3) is 5.56 Å². The van der Waals surface area contributed by atoms with Gasteiger partial charge in [-0.25, -0.2) is 4.79 Å². The third-order valence-corrected chi connectivity index (χ3v) is 3.43. The van der Waals surface area contributed by atoms with E-state index in [2.05, 4.69) is 4.98 Å². The van der Waals surface area contributed by atoms with Crippen LogP contribution in [0.15, 0.2) is 21.9 Å². The van der Waals surface area contributed by atoms with Gasteiger partial charge in [-0.3, -0.25) is 14.3 Å². The quantitative estimate of drug-likeness (QED) is 0.718. The summed E-state index contributed by atoms with van der Waals surface area (Å²) in [6.07, 6.45) is -0.962. The largest absolute Gasteiger partial charge is 0.394 e. The average Bonchev–Trinajstić information content (AvgIpc) is 2.83. The minimum atomic E-state index is -0.809. The Morgan fingerprint density at radius 3 is 2.70 bits per heavy atom. The number of hydrogen-bond donors (Lipinski definition) is 2. The fraction of sp³-hybridized carbons (Fsp3) is 0.667. The zero-order valence-electron chi connectivity index (χ0n) is 11.1. The lowest BCUT2D eigenvalue weighted by Gasteiger charge is -2.24. The van der Waals surface area contributed by atoms with Crippen LogP contribution in [0.3, 0.4) is 0 Å². The van der Waals surface area contributed by atoms with Crippen molar-refractivity contribution in [2.75, 3.05) is 6.61 Å². The van der Waals surface area contributed by atoms with E-state index < -0.39 is 41.6 Å². The summed E-state index contributed by atoms with van der Waals surface area (Å²) >= 11 is 0. The molecule has 3 heterocycles. The lowest BCUT2D eigenvalue weighted by atomic mass is 10.1. The maximum atomic E-state index is 11.8. The number of aromatic amines is 1. The van der Waals surface area contributed by atoms with Crippen molar-refractivity contribution in [3.05, 3.63) is 33.1 Å². The molecule has 1 aromatic rings. The molecule has 0 bridgehead atoms. The molecular formula is C12H16N2O6. The molecule has 0 unspecified atom stereocenters. The van der Waals surface area contributed by atoms with Gasteiger partial charge in [-0.1, -0.05) is 0 Å². The van der Waals surface area contributed by atoms with E-state index in [9.17, 15) is 14.7 Å². The van der Waals surface area contributed by atoms with Gasteiger partial charge in [0.2, 0.25) is 0 Å². The number of hydrogen-bond acceptors (Lipinski definition) is 6. The fourth-order valence-corrected chi connectivity index (χ4v) is 2.66. The van der Waals surface area contributed by atoms with Crippen LogP contribution in [0.5, 0.6) is 0 Å². The first kappa shape index (κ1) is 13.5. The van der Waals surface area contributed by atoms with Crippen LogP contribution < -0.4 is 11.2 Å². The molecule has 0 spiro atoms. The Balaban J connectivity index is 1.98. The molecule has 8 heteroatoms. The first-order chi connectivity index (χ1) is 9.41. The molecule has 2 saturated heterocycles. The molecule has 2 N–H and O–H groups in total. The number of aliphatic hydroxyl groups excluding tert-OH is 1. The van der Waals surface area contributed by atoms with Gasteiger partial charge in [-0.15, -0.1) is 0 Å². The van der Waals surface area contributed by atoms with Gasteiger partial charge < -0.3 is 19.3 Å². The van der Waals surface area contributed by atoms with Crippen LogP contribution in [0.2, 0.25) is 0 Å². The summed E-state index contributed by atoms with van der Waals surface area (Å²) in [4.78, 5) is 25.1. The summed E-state index contributed by atoms with van der Waals surface area (Å²) in [5.74, 6) is -0.809. The molecule has 2 aliphatic heterocycles. The van der Waals surface area contributed by atoms with Crippen LogP contribution in [0.1, 0.15) is 20.1 Å². The van der Waals surface area contributed by atoms with E-state index in [-0.39, 0.29) is 6.61 Å². The predicted molar refractivity (Wildman–Crippen MR) is 66.1 cm³/mol. The van der Waals surface area contributed by atoms with Gasteiger partial charge in [0.05, 0.1) is 6.61 Å². The topological polar surface area (TPSA) is 103 Å². The number of aliphatic hydroxyl groups is 1. The number of ether oxygens (including phenoxy) is 3. The molecule has 0 radical (unpaired) electrons. The summed E-state index contributed by atoms with van der Waals surface area (Å²) in [6.45, 7) is 3.27. The molecular weight excluding hydrogens is 268 g/mol. The molecule has 8 nitrogen and oxygen atoms in total. The number of nitrogens with zero attached hydrogens (tertiary/aromatic N) is 1. The van der Waals surface area contributed by atoms with Crippen molar-refractivity contribution < 1.29 is 19.3 Å². The average molecular weight is 284 g/mol. The van der Waals surface area contributed by atoms with Gasteiger partial charge in [0.15, 0.2) is 12.0 Å². The van der Waals surface area contributed by atoms with E-state index in [1.54, 1.807) is 13.8 Å². The van der Waals surface area contributed by atoms with E-state index in [0.29, 0.717) is 0 Å². The van der Waals surface area contributed by atoms with Crippen molar-refractivity contribution in [2.45, 2.75) is 44.2 Å². The van der Waals surface area contributed by atoms with E-state index in [1.165, 1.54) is 16.8 Å². The number of H-pyrrole nitrogens is 1. The predicted octanol–water partition coefficient (Wildman–Crippen LogP) is -1.05. The molecule has 0 aliphatic carbocycles. The molecule has 3 rings (SSSR count). The Kier molecular flexibility index (Phi) is 3.05. The van der Waals surface area contributed by atoms with Crippen molar-refractivity contribution in [1.82, 2.24) is 9.55 Å². The first-order valence-corrected chi connectivity index (χ1v) is 6.35. The second kappa shape index (κ2) is 4.52. The van der Waals surface area contributed by atoms with Crippen molar-refractivity contribution in [2.24, 2.45) is 0 Å². The summed E-state index contributed by atoms with van der Waals surface area (Å²) in [5, 5.41) is 9.36. The number of nitrogens with one attached hydrogen (secondary N) is 1. The van der Waals surface area contributed by atoms with Crippen LogP contribution in [0.4, 0.5) is 0 Å². The van der Waals surface area contributed by atoms with Gasteiger partial charge in [-0.05, 0) is 13.8 Å². The van der Waals surface area contributed by atoms with Gasteiger partial charge in [-0.2, -0.15) is 0 Å². The molecule has 0 amide bonds. The highest BCUT2D eigenvalue weighted by Crippen LogP contribution is 2.42. The van der Waals surface area contributed by atoms with Gasteiger partial charge >= 0.3 is 5.69 Å². The monoisotopic (exact) mass is 284 g/mol. The van der Waals surface area contributed by atoms with Crippen LogP contribution in [-0.4, -0.2) is 45.4 Å². The zero-order valence-corrected chi connectivity index (χ0v) is 11.1. The van der Waals surface area contributed by atoms with E-state index in [4.69, 9.17) is 14.2 Å². The SMILES string of the molecule is CC1(C)O[C@H]2[C@H](O1)[C@H](n1ccc(=O)[nH]c1=O)O[C@H]2CO. The Bertz CT molecular complexity index is 621. The molecule has 2 aliphatic rings. The second-order valence-electron chi connectivity index (χ2n) is 5.33. The number of fused-ring (bicyclic) bond motifs is 1. The highest BCUT2D eigenvalue weighted by Gasteiger charge is 2.55.